The quantitative estimate of drug-likeness (QED) is 0.707. The Bertz CT molecular complexity index is 337. The van der Waals surface area contributed by atoms with E-state index in [1.807, 2.05) is 0 Å². The van der Waals surface area contributed by atoms with Crippen LogP contribution in [0.1, 0.15) is 26.7 Å². The van der Waals surface area contributed by atoms with E-state index in [1.165, 1.54) is 21.0 Å². The Morgan fingerprint density at radius 1 is 1.28 bits per heavy atom. The van der Waals surface area contributed by atoms with Crippen molar-refractivity contribution in [2.24, 2.45) is 0 Å². The number of allylic oxidation sites excluding steroid dienone is 1. The molecule has 0 amide bonds. The summed E-state index contributed by atoms with van der Waals surface area (Å²) in [5, 5.41) is 0. The number of hydrogen-bond acceptors (Lipinski definition) is 6. The monoisotopic (exact) mass is 258 g/mol. The third kappa shape index (κ3) is 4.03. The van der Waals surface area contributed by atoms with Crippen LogP contribution in [0.3, 0.4) is 0 Å². The number of carbonyl (C=O) groups is 2. The molecule has 1 unspecified atom stereocenters. The van der Waals surface area contributed by atoms with E-state index in [9.17, 15) is 9.59 Å². The highest BCUT2D eigenvalue weighted by atomic mass is 16.7. The van der Waals surface area contributed by atoms with Crippen LogP contribution in [-0.2, 0) is 28.5 Å². The van der Waals surface area contributed by atoms with Gasteiger partial charge in [0.25, 0.3) is 0 Å². The van der Waals surface area contributed by atoms with Crippen LogP contribution < -0.4 is 0 Å². The summed E-state index contributed by atoms with van der Waals surface area (Å²) in [6, 6.07) is 0. The van der Waals surface area contributed by atoms with Crippen molar-refractivity contribution in [1.29, 1.82) is 0 Å². The molecule has 0 spiro atoms. The third-order valence-corrected chi connectivity index (χ3v) is 2.48. The highest BCUT2D eigenvalue weighted by Crippen LogP contribution is 2.26. The predicted molar refractivity (Wildman–Crippen MR) is 61.4 cm³/mol. The minimum atomic E-state index is -0.826. The van der Waals surface area contributed by atoms with Crippen LogP contribution in [0.15, 0.2) is 12.3 Å². The highest BCUT2D eigenvalue weighted by Gasteiger charge is 2.39. The normalized spacial score (nSPS) is 27.9. The molecule has 0 bridgehead atoms. The lowest BCUT2D eigenvalue weighted by molar-refractivity contribution is -0.207. The molecule has 102 valence electrons. The van der Waals surface area contributed by atoms with E-state index in [2.05, 4.69) is 6.58 Å². The SMILES string of the molecule is C=C1CC[C@@H](OC(C)=O)C(OC(C)=O)[C@H](OC)O1. The Kier molecular flexibility index (Phi) is 5.15. The molecular weight excluding hydrogens is 240 g/mol. The second-order valence-electron chi connectivity index (χ2n) is 4.02. The number of methoxy groups -OCH3 is 1. The van der Waals surface area contributed by atoms with Crippen LogP contribution in [0.2, 0.25) is 0 Å². The van der Waals surface area contributed by atoms with Gasteiger partial charge < -0.3 is 18.9 Å². The molecule has 6 nitrogen and oxygen atoms in total. The molecule has 1 saturated heterocycles. The van der Waals surface area contributed by atoms with Crippen LogP contribution in [0.5, 0.6) is 0 Å². The van der Waals surface area contributed by atoms with E-state index >= 15 is 0 Å². The maximum absolute atomic E-state index is 11.1. The molecule has 1 rings (SSSR count). The van der Waals surface area contributed by atoms with Crippen LogP contribution in [0.4, 0.5) is 0 Å². The topological polar surface area (TPSA) is 71.1 Å². The zero-order valence-electron chi connectivity index (χ0n) is 10.8. The van der Waals surface area contributed by atoms with E-state index in [0.29, 0.717) is 18.6 Å². The van der Waals surface area contributed by atoms with Crippen molar-refractivity contribution in [3.05, 3.63) is 12.3 Å². The van der Waals surface area contributed by atoms with Crippen molar-refractivity contribution in [2.45, 2.75) is 45.2 Å². The molecule has 1 aliphatic rings. The average Bonchev–Trinajstić information content (AvgIpc) is 2.40. The summed E-state index contributed by atoms with van der Waals surface area (Å²) in [7, 11) is 1.42. The summed E-state index contributed by atoms with van der Waals surface area (Å²) in [5.41, 5.74) is 0. The van der Waals surface area contributed by atoms with E-state index in [-0.39, 0.29) is 0 Å². The average molecular weight is 258 g/mol. The lowest BCUT2D eigenvalue weighted by Crippen LogP contribution is -2.43. The number of rotatable bonds is 3. The first-order valence-corrected chi connectivity index (χ1v) is 5.65. The summed E-state index contributed by atoms with van der Waals surface area (Å²) in [6.07, 6.45) is -1.24. The first kappa shape index (κ1) is 14.5. The van der Waals surface area contributed by atoms with E-state index in [4.69, 9.17) is 18.9 Å². The van der Waals surface area contributed by atoms with Gasteiger partial charge in [0.1, 0.15) is 6.10 Å². The van der Waals surface area contributed by atoms with Gasteiger partial charge in [-0.25, -0.2) is 0 Å². The van der Waals surface area contributed by atoms with Gasteiger partial charge in [0.05, 0.1) is 5.76 Å². The molecule has 0 aromatic heterocycles. The smallest absolute Gasteiger partial charge is 0.303 e. The molecule has 1 fully saturated rings. The van der Waals surface area contributed by atoms with Crippen LogP contribution in [0.25, 0.3) is 0 Å². The van der Waals surface area contributed by atoms with Crippen molar-refractivity contribution in [1.82, 2.24) is 0 Å². The van der Waals surface area contributed by atoms with Gasteiger partial charge in [-0.3, -0.25) is 9.59 Å². The molecule has 6 heteroatoms. The van der Waals surface area contributed by atoms with Gasteiger partial charge in [-0.15, -0.1) is 0 Å². The summed E-state index contributed by atoms with van der Waals surface area (Å²) >= 11 is 0. The minimum absolute atomic E-state index is 0.445. The van der Waals surface area contributed by atoms with Crippen LogP contribution >= 0.6 is 0 Å². The van der Waals surface area contributed by atoms with Crippen molar-refractivity contribution in [3.63, 3.8) is 0 Å². The molecule has 1 heterocycles. The summed E-state index contributed by atoms with van der Waals surface area (Å²) < 4.78 is 20.8. The van der Waals surface area contributed by atoms with Crippen LogP contribution in [0, 0.1) is 0 Å². The predicted octanol–water partition coefficient (Wildman–Crippen LogP) is 1.15. The Labute approximate surface area is 106 Å². The van der Waals surface area contributed by atoms with Gasteiger partial charge in [-0.1, -0.05) is 6.58 Å². The fraction of sp³-hybridized carbons (Fsp3) is 0.667. The van der Waals surface area contributed by atoms with E-state index in [0.717, 1.165) is 0 Å². The molecule has 0 N–H and O–H groups in total. The van der Waals surface area contributed by atoms with Gasteiger partial charge in [-0.05, 0) is 6.42 Å². The molecule has 0 aromatic rings. The zero-order chi connectivity index (χ0) is 13.7. The second-order valence-corrected chi connectivity index (χ2v) is 4.02. The molecule has 0 saturated carbocycles. The Balaban J connectivity index is 2.89. The van der Waals surface area contributed by atoms with E-state index < -0.39 is 30.4 Å². The molecule has 0 aromatic carbocycles. The molecule has 1 aliphatic heterocycles. The van der Waals surface area contributed by atoms with Gasteiger partial charge in [0.15, 0.2) is 0 Å². The van der Waals surface area contributed by atoms with Gasteiger partial charge in [0, 0.05) is 27.4 Å². The third-order valence-electron chi connectivity index (χ3n) is 2.48. The molecule has 18 heavy (non-hydrogen) atoms. The van der Waals surface area contributed by atoms with Crippen molar-refractivity contribution < 1.29 is 28.5 Å². The minimum Gasteiger partial charge on any atom is -0.466 e. The first-order chi connectivity index (χ1) is 8.43. The summed E-state index contributed by atoms with van der Waals surface area (Å²) in [5.74, 6) is -0.427. The number of hydrogen-bond donors (Lipinski definition) is 0. The standard InChI is InChI=1S/C12H18O6/c1-7-5-6-10(17-8(2)13)11(18-9(3)14)12(15-4)16-7/h10-12H,1,5-6H2,2-4H3/t10-,11?,12-/m1/s1. The highest BCUT2D eigenvalue weighted by molar-refractivity contribution is 5.67. The first-order valence-electron chi connectivity index (χ1n) is 5.65. The molecule has 3 atom stereocenters. The van der Waals surface area contributed by atoms with Gasteiger partial charge >= 0.3 is 11.9 Å². The Morgan fingerprint density at radius 3 is 2.39 bits per heavy atom. The summed E-state index contributed by atoms with van der Waals surface area (Å²) in [4.78, 5) is 22.2. The fourth-order valence-corrected chi connectivity index (χ4v) is 1.78. The van der Waals surface area contributed by atoms with E-state index in [1.54, 1.807) is 0 Å². The molecule has 0 radical (unpaired) electrons. The summed E-state index contributed by atoms with van der Waals surface area (Å²) in [6.45, 7) is 6.29. The van der Waals surface area contributed by atoms with Crippen molar-refractivity contribution in [2.75, 3.05) is 7.11 Å². The lowest BCUT2D eigenvalue weighted by Gasteiger charge is -2.28. The fourth-order valence-electron chi connectivity index (χ4n) is 1.78. The van der Waals surface area contributed by atoms with Crippen LogP contribution in [-0.4, -0.2) is 37.5 Å². The largest absolute Gasteiger partial charge is 0.466 e. The Morgan fingerprint density at radius 2 is 1.89 bits per heavy atom. The maximum atomic E-state index is 11.1. The number of carbonyl (C=O) groups excluding carboxylic acids is 2. The van der Waals surface area contributed by atoms with Crippen molar-refractivity contribution in [3.8, 4) is 0 Å². The number of ether oxygens (including phenoxy) is 4. The van der Waals surface area contributed by atoms with Crippen molar-refractivity contribution >= 4 is 11.9 Å². The lowest BCUT2D eigenvalue weighted by atomic mass is 10.1. The maximum Gasteiger partial charge on any atom is 0.303 e. The molecule has 0 aliphatic carbocycles. The number of esters is 2. The zero-order valence-corrected chi connectivity index (χ0v) is 10.8. The molecular formula is C12H18O6. The second kappa shape index (κ2) is 6.39. The van der Waals surface area contributed by atoms with Gasteiger partial charge in [-0.2, -0.15) is 0 Å². The Hall–Kier alpha value is -1.56. The van der Waals surface area contributed by atoms with Gasteiger partial charge in [0.2, 0.25) is 12.4 Å².